The molecule has 2 rings (SSSR count). The van der Waals surface area contributed by atoms with Gasteiger partial charge in [-0.05, 0) is 38.1 Å². The van der Waals surface area contributed by atoms with Crippen molar-refractivity contribution in [2.24, 2.45) is 0 Å². The lowest BCUT2D eigenvalue weighted by Crippen LogP contribution is -2.29. The van der Waals surface area contributed by atoms with E-state index in [2.05, 4.69) is 4.90 Å². The number of nitro groups is 1. The summed E-state index contributed by atoms with van der Waals surface area (Å²) >= 11 is 0. The van der Waals surface area contributed by atoms with Crippen LogP contribution < -0.4 is 4.74 Å². The Morgan fingerprint density at radius 3 is 2.00 bits per heavy atom. The zero-order valence-electron chi connectivity index (χ0n) is 13.8. The summed E-state index contributed by atoms with van der Waals surface area (Å²) in [7, 11) is 0. The van der Waals surface area contributed by atoms with Gasteiger partial charge in [0.2, 0.25) is 0 Å². The average molecular weight is 354 g/mol. The molecule has 1 fully saturated rings. The first-order valence-corrected chi connectivity index (χ1v) is 7.96. The van der Waals surface area contributed by atoms with Crippen LogP contribution in [0.25, 0.3) is 0 Å². The van der Waals surface area contributed by atoms with Gasteiger partial charge in [-0.25, -0.2) is 9.59 Å². The number of likely N-dealkylation sites (tertiary alicyclic amines) is 1. The van der Waals surface area contributed by atoms with Crippen LogP contribution in [-0.2, 0) is 9.59 Å². The van der Waals surface area contributed by atoms with E-state index in [0.29, 0.717) is 12.4 Å². The van der Waals surface area contributed by atoms with Crippen molar-refractivity contribution in [3.8, 4) is 5.75 Å². The minimum absolute atomic E-state index is 0.0971. The van der Waals surface area contributed by atoms with E-state index in [9.17, 15) is 10.1 Å². The molecule has 9 nitrogen and oxygen atoms in total. The number of carbonyl (C=O) groups is 2. The van der Waals surface area contributed by atoms with E-state index >= 15 is 0 Å². The number of aliphatic carboxylic acids is 2. The standard InChI is InChI=1S/C14H20N2O3.C2H2O4/c17-16(18)13-5-7-14(8-6-13)19-12-11-15-9-3-1-2-4-10-15;3-1(4)2(5)6/h5-8H,1-4,9-12H2;(H,3,4)(H,5,6). The molecule has 1 saturated heterocycles. The van der Waals surface area contributed by atoms with Gasteiger partial charge in [0.1, 0.15) is 12.4 Å². The molecular formula is C16H22N2O7. The molecule has 0 amide bonds. The molecule has 0 radical (unpaired) electrons. The molecule has 0 spiro atoms. The Balaban J connectivity index is 0.000000450. The van der Waals surface area contributed by atoms with Crippen molar-refractivity contribution in [1.29, 1.82) is 0 Å². The lowest BCUT2D eigenvalue weighted by atomic mass is 10.2. The quantitative estimate of drug-likeness (QED) is 0.466. The maximum atomic E-state index is 10.5. The summed E-state index contributed by atoms with van der Waals surface area (Å²) in [5.74, 6) is -2.95. The van der Waals surface area contributed by atoms with E-state index < -0.39 is 16.9 Å². The summed E-state index contributed by atoms with van der Waals surface area (Å²) < 4.78 is 5.62. The van der Waals surface area contributed by atoms with Crippen LogP contribution in [-0.4, -0.2) is 58.2 Å². The van der Waals surface area contributed by atoms with Crippen molar-refractivity contribution < 1.29 is 29.5 Å². The molecule has 9 heteroatoms. The van der Waals surface area contributed by atoms with Gasteiger partial charge in [-0.2, -0.15) is 0 Å². The molecule has 1 aliphatic heterocycles. The van der Waals surface area contributed by atoms with Gasteiger partial charge in [0.15, 0.2) is 0 Å². The van der Waals surface area contributed by atoms with Gasteiger partial charge < -0.3 is 14.9 Å². The molecule has 1 aliphatic rings. The third-order valence-corrected chi connectivity index (χ3v) is 3.61. The zero-order chi connectivity index (χ0) is 18.7. The van der Waals surface area contributed by atoms with Gasteiger partial charge >= 0.3 is 11.9 Å². The largest absolute Gasteiger partial charge is 0.492 e. The Kier molecular flexibility index (Phi) is 8.94. The highest BCUT2D eigenvalue weighted by Crippen LogP contribution is 2.17. The monoisotopic (exact) mass is 354 g/mol. The van der Waals surface area contributed by atoms with E-state index in [1.165, 1.54) is 37.8 Å². The predicted molar refractivity (Wildman–Crippen MR) is 88.8 cm³/mol. The molecule has 25 heavy (non-hydrogen) atoms. The van der Waals surface area contributed by atoms with Crippen LogP contribution in [0.1, 0.15) is 25.7 Å². The maximum absolute atomic E-state index is 10.5. The van der Waals surface area contributed by atoms with E-state index in [1.54, 1.807) is 12.1 Å². The van der Waals surface area contributed by atoms with Crippen LogP contribution in [0, 0.1) is 10.1 Å². The topological polar surface area (TPSA) is 130 Å². The maximum Gasteiger partial charge on any atom is 0.414 e. The Morgan fingerprint density at radius 1 is 1.04 bits per heavy atom. The van der Waals surface area contributed by atoms with Crippen LogP contribution >= 0.6 is 0 Å². The lowest BCUT2D eigenvalue weighted by molar-refractivity contribution is -0.384. The number of benzene rings is 1. The van der Waals surface area contributed by atoms with Crippen molar-refractivity contribution >= 4 is 17.6 Å². The van der Waals surface area contributed by atoms with Crippen molar-refractivity contribution in [2.45, 2.75) is 25.7 Å². The summed E-state index contributed by atoms with van der Waals surface area (Å²) in [6, 6.07) is 6.25. The lowest BCUT2D eigenvalue weighted by Gasteiger charge is -2.19. The molecular weight excluding hydrogens is 332 g/mol. The average Bonchev–Trinajstić information content (AvgIpc) is 2.84. The molecule has 0 aromatic heterocycles. The van der Waals surface area contributed by atoms with E-state index in [1.807, 2.05) is 0 Å². The molecule has 1 heterocycles. The Bertz CT molecular complexity index is 554. The van der Waals surface area contributed by atoms with Crippen LogP contribution in [0.5, 0.6) is 5.75 Å². The predicted octanol–water partition coefficient (Wildman–Crippen LogP) is 2.01. The zero-order valence-corrected chi connectivity index (χ0v) is 13.8. The first kappa shape index (κ1) is 20.4. The third-order valence-electron chi connectivity index (χ3n) is 3.61. The summed E-state index contributed by atoms with van der Waals surface area (Å²) in [4.78, 5) is 30.7. The molecule has 1 aromatic carbocycles. The number of nitro benzene ring substituents is 1. The summed E-state index contributed by atoms with van der Waals surface area (Å²) in [5.41, 5.74) is 0.0971. The number of carboxylic acids is 2. The normalized spacial score (nSPS) is 14.6. The summed E-state index contributed by atoms with van der Waals surface area (Å²) in [6.45, 7) is 3.88. The van der Waals surface area contributed by atoms with Gasteiger partial charge in [-0.15, -0.1) is 0 Å². The van der Waals surface area contributed by atoms with Crippen LogP contribution in [0.2, 0.25) is 0 Å². The smallest absolute Gasteiger partial charge is 0.414 e. The third kappa shape index (κ3) is 8.66. The molecule has 0 aliphatic carbocycles. The van der Waals surface area contributed by atoms with Gasteiger partial charge in [-0.3, -0.25) is 15.0 Å². The van der Waals surface area contributed by atoms with Crippen LogP contribution in [0.15, 0.2) is 24.3 Å². The SMILES string of the molecule is O=C(O)C(=O)O.O=[N+]([O-])c1ccc(OCCN2CCCCCC2)cc1. The van der Waals surface area contributed by atoms with E-state index in [-0.39, 0.29) is 5.69 Å². The van der Waals surface area contributed by atoms with Gasteiger partial charge in [0.05, 0.1) is 4.92 Å². The van der Waals surface area contributed by atoms with Gasteiger partial charge in [0.25, 0.3) is 5.69 Å². The number of rotatable bonds is 5. The first-order chi connectivity index (χ1) is 11.9. The Hall–Kier alpha value is -2.68. The van der Waals surface area contributed by atoms with E-state index in [4.69, 9.17) is 24.5 Å². The molecule has 0 bridgehead atoms. The highest BCUT2D eigenvalue weighted by Gasteiger charge is 2.09. The molecule has 2 N–H and O–H groups in total. The minimum Gasteiger partial charge on any atom is -0.492 e. The minimum atomic E-state index is -1.82. The molecule has 0 unspecified atom stereocenters. The number of carboxylic acid groups (broad SMARTS) is 2. The number of non-ortho nitro benzene ring substituents is 1. The Morgan fingerprint density at radius 2 is 1.56 bits per heavy atom. The second kappa shape index (κ2) is 11.0. The highest BCUT2D eigenvalue weighted by molar-refractivity contribution is 6.27. The summed E-state index contributed by atoms with van der Waals surface area (Å²) in [6.07, 6.45) is 5.22. The second-order valence-electron chi connectivity index (χ2n) is 5.47. The molecule has 1 aromatic rings. The highest BCUT2D eigenvalue weighted by atomic mass is 16.6. The van der Waals surface area contributed by atoms with Gasteiger partial charge in [0, 0.05) is 18.7 Å². The van der Waals surface area contributed by atoms with Crippen molar-refractivity contribution in [3.05, 3.63) is 34.4 Å². The Labute approximate surface area is 145 Å². The number of hydrogen-bond acceptors (Lipinski definition) is 6. The molecule has 138 valence electrons. The fourth-order valence-electron chi connectivity index (χ4n) is 2.32. The fraction of sp³-hybridized carbons (Fsp3) is 0.500. The van der Waals surface area contributed by atoms with Crippen molar-refractivity contribution in [2.75, 3.05) is 26.2 Å². The van der Waals surface area contributed by atoms with Crippen molar-refractivity contribution in [1.82, 2.24) is 4.90 Å². The van der Waals surface area contributed by atoms with Crippen LogP contribution in [0.4, 0.5) is 5.69 Å². The first-order valence-electron chi connectivity index (χ1n) is 7.96. The van der Waals surface area contributed by atoms with Gasteiger partial charge in [-0.1, -0.05) is 12.8 Å². The molecule has 0 atom stereocenters. The summed E-state index contributed by atoms with van der Waals surface area (Å²) in [5, 5.41) is 25.3. The molecule has 0 saturated carbocycles. The number of nitrogens with zero attached hydrogens (tertiary/aromatic N) is 2. The fourth-order valence-corrected chi connectivity index (χ4v) is 2.32. The number of hydrogen-bond donors (Lipinski definition) is 2. The second-order valence-corrected chi connectivity index (χ2v) is 5.47. The number of ether oxygens (including phenoxy) is 1. The van der Waals surface area contributed by atoms with E-state index in [0.717, 1.165) is 19.6 Å². The van der Waals surface area contributed by atoms with Crippen LogP contribution in [0.3, 0.4) is 0 Å². The van der Waals surface area contributed by atoms with Crippen molar-refractivity contribution in [3.63, 3.8) is 0 Å².